The molecule has 3 aromatic heterocycles. The third kappa shape index (κ3) is 4.53. The second-order valence-corrected chi connectivity index (χ2v) is 6.32. The van der Waals surface area contributed by atoms with Crippen LogP contribution in [0.3, 0.4) is 0 Å². The van der Waals surface area contributed by atoms with E-state index >= 15 is 0 Å². The Morgan fingerprint density at radius 3 is 2.59 bits per heavy atom. The maximum absolute atomic E-state index is 12.5. The summed E-state index contributed by atoms with van der Waals surface area (Å²) in [6.45, 7) is 0.726. The molecule has 0 radical (unpaired) electrons. The fraction of sp³-hybridized carbons (Fsp3) is 0.0909. The molecule has 7 heteroatoms. The quantitative estimate of drug-likeness (QED) is 0.493. The third-order valence-electron chi connectivity index (χ3n) is 4.22. The summed E-state index contributed by atoms with van der Waals surface area (Å²) in [5, 5.41) is 2.74. The van der Waals surface area contributed by atoms with Gasteiger partial charge in [0.25, 0.3) is 11.5 Å². The molecule has 0 aliphatic carbocycles. The van der Waals surface area contributed by atoms with Gasteiger partial charge in [-0.1, -0.05) is 12.1 Å². The van der Waals surface area contributed by atoms with Crippen molar-refractivity contribution in [3.05, 3.63) is 100 Å². The van der Waals surface area contributed by atoms with Crippen molar-refractivity contribution in [1.82, 2.24) is 4.98 Å². The van der Waals surface area contributed by atoms with Crippen molar-refractivity contribution in [1.29, 1.82) is 0 Å². The van der Waals surface area contributed by atoms with E-state index in [1.807, 2.05) is 18.2 Å². The number of amides is 1. The second kappa shape index (κ2) is 8.45. The molecule has 0 aliphatic rings. The molecule has 3 heterocycles. The first-order valence-corrected chi connectivity index (χ1v) is 8.97. The van der Waals surface area contributed by atoms with Crippen LogP contribution in [-0.4, -0.2) is 10.9 Å². The molecule has 0 spiro atoms. The van der Waals surface area contributed by atoms with E-state index in [0.717, 1.165) is 11.3 Å². The molecule has 4 rings (SSSR count). The van der Waals surface area contributed by atoms with Crippen molar-refractivity contribution in [2.24, 2.45) is 0 Å². The monoisotopic (exact) mass is 390 g/mol. The molecule has 0 aliphatic heterocycles. The van der Waals surface area contributed by atoms with Crippen molar-refractivity contribution in [3.8, 4) is 11.5 Å². The Balaban J connectivity index is 1.41. The number of H-pyrrole nitrogens is 1. The van der Waals surface area contributed by atoms with Gasteiger partial charge in [0.2, 0.25) is 0 Å². The SMILES string of the molecule is O=C(Nc1cccc(COCc2ccco2)c1)c1ccc(-c2ccco2)[nH]c1=O. The minimum atomic E-state index is -0.495. The van der Waals surface area contributed by atoms with Gasteiger partial charge in [-0.3, -0.25) is 9.59 Å². The Labute approximate surface area is 165 Å². The molecular weight excluding hydrogens is 372 g/mol. The summed E-state index contributed by atoms with van der Waals surface area (Å²) in [5.41, 5.74) is 1.49. The number of carbonyl (C=O) groups excluding carboxylic acids is 1. The Kier molecular flexibility index (Phi) is 5.40. The largest absolute Gasteiger partial charge is 0.467 e. The molecule has 1 amide bonds. The normalized spacial score (nSPS) is 10.8. The number of pyridine rings is 1. The predicted octanol–water partition coefficient (Wildman–Crippen LogP) is 4.20. The van der Waals surface area contributed by atoms with Gasteiger partial charge in [-0.05, 0) is 54.1 Å². The minimum Gasteiger partial charge on any atom is -0.467 e. The average Bonchev–Trinajstić information content (AvgIpc) is 3.42. The number of rotatable bonds is 7. The van der Waals surface area contributed by atoms with Crippen molar-refractivity contribution >= 4 is 11.6 Å². The molecule has 1 aromatic carbocycles. The highest BCUT2D eigenvalue weighted by atomic mass is 16.5. The maximum atomic E-state index is 12.5. The molecule has 4 aromatic rings. The van der Waals surface area contributed by atoms with Crippen LogP contribution in [0.5, 0.6) is 0 Å². The van der Waals surface area contributed by atoms with Gasteiger partial charge in [-0.2, -0.15) is 0 Å². The van der Waals surface area contributed by atoms with Gasteiger partial charge in [-0.25, -0.2) is 0 Å². The van der Waals surface area contributed by atoms with Crippen LogP contribution in [0.2, 0.25) is 0 Å². The molecular formula is C22H18N2O5. The van der Waals surface area contributed by atoms with Crippen LogP contribution >= 0.6 is 0 Å². The summed E-state index contributed by atoms with van der Waals surface area (Å²) in [5.74, 6) is 0.772. The summed E-state index contributed by atoms with van der Waals surface area (Å²) in [7, 11) is 0. The molecule has 0 unspecified atom stereocenters. The Bertz CT molecular complexity index is 1140. The van der Waals surface area contributed by atoms with Crippen molar-refractivity contribution in [2.45, 2.75) is 13.2 Å². The number of aromatic amines is 1. The lowest BCUT2D eigenvalue weighted by molar-refractivity contribution is 0.0929. The lowest BCUT2D eigenvalue weighted by atomic mass is 10.2. The second-order valence-electron chi connectivity index (χ2n) is 6.32. The molecule has 0 saturated carbocycles. The molecule has 7 nitrogen and oxygen atoms in total. The smallest absolute Gasteiger partial charge is 0.261 e. The fourth-order valence-electron chi connectivity index (χ4n) is 2.83. The number of aromatic nitrogens is 1. The van der Waals surface area contributed by atoms with Crippen molar-refractivity contribution < 1.29 is 18.4 Å². The van der Waals surface area contributed by atoms with E-state index in [-0.39, 0.29) is 5.56 Å². The van der Waals surface area contributed by atoms with Crippen LogP contribution in [0, 0.1) is 0 Å². The highest BCUT2D eigenvalue weighted by Gasteiger charge is 2.13. The van der Waals surface area contributed by atoms with Gasteiger partial charge >= 0.3 is 0 Å². The fourth-order valence-corrected chi connectivity index (χ4v) is 2.83. The number of furan rings is 2. The lowest BCUT2D eigenvalue weighted by Gasteiger charge is -2.08. The van der Waals surface area contributed by atoms with Crippen LogP contribution in [0.1, 0.15) is 21.7 Å². The van der Waals surface area contributed by atoms with E-state index in [4.69, 9.17) is 13.6 Å². The first kappa shape index (κ1) is 18.5. The molecule has 2 N–H and O–H groups in total. The number of ether oxygens (including phenoxy) is 1. The maximum Gasteiger partial charge on any atom is 0.261 e. The van der Waals surface area contributed by atoms with Crippen LogP contribution in [-0.2, 0) is 18.0 Å². The van der Waals surface area contributed by atoms with Crippen LogP contribution in [0.15, 0.2) is 86.8 Å². The van der Waals surface area contributed by atoms with E-state index in [1.54, 1.807) is 42.7 Å². The highest BCUT2D eigenvalue weighted by molar-refractivity contribution is 6.04. The molecule has 0 bridgehead atoms. The zero-order valence-corrected chi connectivity index (χ0v) is 15.4. The van der Waals surface area contributed by atoms with Crippen molar-refractivity contribution in [2.75, 3.05) is 5.32 Å². The van der Waals surface area contributed by atoms with E-state index in [0.29, 0.717) is 30.4 Å². The predicted molar refractivity (Wildman–Crippen MR) is 106 cm³/mol. The Morgan fingerprint density at radius 2 is 1.83 bits per heavy atom. The molecule has 29 heavy (non-hydrogen) atoms. The molecule has 0 fully saturated rings. The number of nitrogens with one attached hydrogen (secondary N) is 2. The number of anilines is 1. The van der Waals surface area contributed by atoms with Crippen LogP contribution < -0.4 is 10.9 Å². The summed E-state index contributed by atoms with van der Waals surface area (Å²) in [6.07, 6.45) is 3.11. The van der Waals surface area contributed by atoms with Gasteiger partial charge in [0.05, 0.1) is 24.8 Å². The van der Waals surface area contributed by atoms with Crippen LogP contribution in [0.4, 0.5) is 5.69 Å². The topological polar surface area (TPSA) is 97.5 Å². The van der Waals surface area contributed by atoms with Gasteiger partial charge in [-0.15, -0.1) is 0 Å². The Hall–Kier alpha value is -3.84. The van der Waals surface area contributed by atoms with E-state index in [2.05, 4.69) is 10.3 Å². The summed E-state index contributed by atoms with van der Waals surface area (Å²) in [4.78, 5) is 27.5. The minimum absolute atomic E-state index is 0.0137. The third-order valence-corrected chi connectivity index (χ3v) is 4.22. The lowest BCUT2D eigenvalue weighted by Crippen LogP contribution is -2.23. The number of hydrogen-bond acceptors (Lipinski definition) is 5. The van der Waals surface area contributed by atoms with E-state index in [9.17, 15) is 9.59 Å². The zero-order valence-electron chi connectivity index (χ0n) is 15.4. The van der Waals surface area contributed by atoms with Gasteiger partial charge in [0.15, 0.2) is 0 Å². The summed E-state index contributed by atoms with van der Waals surface area (Å²) < 4.78 is 16.1. The van der Waals surface area contributed by atoms with E-state index < -0.39 is 11.5 Å². The first-order valence-electron chi connectivity index (χ1n) is 8.97. The van der Waals surface area contributed by atoms with Crippen molar-refractivity contribution in [3.63, 3.8) is 0 Å². The van der Waals surface area contributed by atoms with Crippen LogP contribution in [0.25, 0.3) is 11.5 Å². The molecule has 0 saturated heterocycles. The zero-order chi connectivity index (χ0) is 20.1. The number of hydrogen-bond donors (Lipinski definition) is 2. The molecule has 0 atom stereocenters. The number of carbonyl (C=O) groups is 1. The Morgan fingerprint density at radius 1 is 0.966 bits per heavy atom. The average molecular weight is 390 g/mol. The number of benzene rings is 1. The summed E-state index contributed by atoms with van der Waals surface area (Å²) >= 11 is 0. The summed E-state index contributed by atoms with van der Waals surface area (Å²) in [6, 6.07) is 17.4. The van der Waals surface area contributed by atoms with Gasteiger partial charge in [0, 0.05) is 5.69 Å². The van der Waals surface area contributed by atoms with Gasteiger partial charge in [0.1, 0.15) is 23.7 Å². The van der Waals surface area contributed by atoms with Gasteiger partial charge < -0.3 is 23.9 Å². The highest BCUT2D eigenvalue weighted by Crippen LogP contribution is 2.17. The molecule has 146 valence electrons. The van der Waals surface area contributed by atoms with E-state index in [1.165, 1.54) is 12.3 Å². The first-order chi connectivity index (χ1) is 14.2. The standard InChI is InChI=1S/C22H18N2O5/c25-21(18-8-9-19(24-22(18)26)20-7-3-11-29-20)23-16-5-1-4-15(12-16)13-27-14-17-6-2-10-28-17/h1-12H,13-14H2,(H,23,25)(H,24,26).